The molecule has 4 nitrogen and oxygen atoms in total. The first-order valence-corrected chi connectivity index (χ1v) is 6.75. The van der Waals surface area contributed by atoms with Crippen molar-refractivity contribution < 1.29 is 0 Å². The molecule has 92 valence electrons. The first kappa shape index (κ1) is 11.1. The van der Waals surface area contributed by atoms with E-state index in [1.807, 2.05) is 6.07 Å². The molecular formula is C12H17ClN4. The highest BCUT2D eigenvalue weighted by molar-refractivity contribution is 6.29. The summed E-state index contributed by atoms with van der Waals surface area (Å²) in [6.45, 7) is 4.29. The SMILES string of the molecule is Clc1cc(N2CCCC2)n[14c](N2CCCC2)n1. The summed E-state index contributed by atoms with van der Waals surface area (Å²) in [5.41, 5.74) is 0. The van der Waals surface area contributed by atoms with Gasteiger partial charge in [0.2, 0.25) is 5.95 Å². The summed E-state index contributed by atoms with van der Waals surface area (Å²) in [6, 6.07) is 1.88. The van der Waals surface area contributed by atoms with E-state index in [1.54, 1.807) is 0 Å². The van der Waals surface area contributed by atoms with Gasteiger partial charge >= 0.3 is 0 Å². The Labute approximate surface area is 107 Å². The van der Waals surface area contributed by atoms with Gasteiger partial charge in [0.1, 0.15) is 11.0 Å². The molecule has 2 fully saturated rings. The fraction of sp³-hybridized carbons (Fsp3) is 0.667. The Bertz CT molecular complexity index is 363. The minimum absolute atomic E-state index is 0.559. The van der Waals surface area contributed by atoms with Crippen LogP contribution >= 0.6 is 11.6 Å². The van der Waals surface area contributed by atoms with Crippen LogP contribution in [0.15, 0.2) is 6.07 Å². The van der Waals surface area contributed by atoms with Crippen LogP contribution in [0.4, 0.5) is 11.8 Å². The molecular weight excluding hydrogens is 238 g/mol. The minimum Gasteiger partial charge on any atom is -0.356 e. The average molecular weight is 255 g/mol. The Morgan fingerprint density at radius 3 is 2.35 bits per heavy atom. The van der Waals surface area contributed by atoms with Crippen molar-refractivity contribution in [2.45, 2.75) is 25.7 Å². The quantitative estimate of drug-likeness (QED) is 0.759. The normalized spacial score (nSPS) is 20.3. The second-order valence-electron chi connectivity index (χ2n) is 4.74. The Balaban J connectivity index is 1.88. The molecule has 0 amide bonds. The Morgan fingerprint density at radius 1 is 1.00 bits per heavy atom. The lowest BCUT2D eigenvalue weighted by Crippen LogP contribution is -2.24. The zero-order valence-corrected chi connectivity index (χ0v) is 10.7. The van der Waals surface area contributed by atoms with Gasteiger partial charge in [-0.3, -0.25) is 0 Å². The molecule has 17 heavy (non-hydrogen) atoms. The maximum atomic E-state index is 6.10. The van der Waals surface area contributed by atoms with Crippen LogP contribution in [0.3, 0.4) is 0 Å². The number of hydrogen-bond donors (Lipinski definition) is 0. The molecule has 0 saturated carbocycles. The van der Waals surface area contributed by atoms with E-state index < -0.39 is 0 Å². The number of rotatable bonds is 2. The van der Waals surface area contributed by atoms with Gasteiger partial charge in [-0.05, 0) is 25.7 Å². The van der Waals surface area contributed by atoms with E-state index in [1.165, 1.54) is 25.7 Å². The smallest absolute Gasteiger partial charge is 0.228 e. The van der Waals surface area contributed by atoms with E-state index in [0.29, 0.717) is 5.15 Å². The lowest BCUT2D eigenvalue weighted by Gasteiger charge is -2.20. The molecule has 2 aliphatic rings. The fourth-order valence-corrected chi connectivity index (χ4v) is 2.73. The lowest BCUT2D eigenvalue weighted by molar-refractivity contribution is 0.871. The molecule has 0 atom stereocenters. The minimum atomic E-state index is 0.559. The third-order valence-corrected chi connectivity index (χ3v) is 3.68. The molecule has 3 rings (SSSR count). The van der Waals surface area contributed by atoms with Crippen molar-refractivity contribution >= 4 is 23.4 Å². The molecule has 1 aromatic heterocycles. The highest BCUT2D eigenvalue weighted by Crippen LogP contribution is 2.25. The first-order chi connectivity index (χ1) is 8.33. The van der Waals surface area contributed by atoms with Gasteiger partial charge in [0, 0.05) is 32.2 Å². The fourth-order valence-electron chi connectivity index (χ4n) is 2.56. The number of aromatic nitrogens is 2. The maximum Gasteiger partial charge on any atom is 0.228 e. The van der Waals surface area contributed by atoms with Gasteiger partial charge in [-0.2, -0.15) is 4.98 Å². The second kappa shape index (κ2) is 4.69. The summed E-state index contributed by atoms with van der Waals surface area (Å²) in [5.74, 6) is 1.79. The van der Waals surface area contributed by atoms with E-state index in [2.05, 4.69) is 19.8 Å². The number of anilines is 2. The number of nitrogens with zero attached hydrogens (tertiary/aromatic N) is 4. The predicted molar refractivity (Wildman–Crippen MR) is 69.9 cm³/mol. The van der Waals surface area contributed by atoms with Crippen LogP contribution in [-0.2, 0) is 0 Å². The molecule has 2 saturated heterocycles. The van der Waals surface area contributed by atoms with Crippen molar-refractivity contribution in [1.82, 2.24) is 9.97 Å². The second-order valence-corrected chi connectivity index (χ2v) is 5.12. The molecule has 0 aromatic carbocycles. The molecule has 2 aliphatic heterocycles. The van der Waals surface area contributed by atoms with E-state index in [-0.39, 0.29) is 0 Å². The van der Waals surface area contributed by atoms with E-state index >= 15 is 0 Å². The zero-order chi connectivity index (χ0) is 11.7. The van der Waals surface area contributed by atoms with Gasteiger partial charge in [0.15, 0.2) is 0 Å². The molecule has 5 heteroatoms. The van der Waals surface area contributed by atoms with Crippen LogP contribution in [0.2, 0.25) is 5.15 Å². The number of hydrogen-bond acceptors (Lipinski definition) is 4. The molecule has 0 spiro atoms. The summed E-state index contributed by atoms with van der Waals surface area (Å²) in [7, 11) is 0. The largest absolute Gasteiger partial charge is 0.356 e. The third kappa shape index (κ3) is 2.32. The van der Waals surface area contributed by atoms with Gasteiger partial charge in [0.05, 0.1) is 0 Å². The van der Waals surface area contributed by atoms with E-state index in [4.69, 9.17) is 11.6 Å². The monoisotopic (exact) mass is 254 g/mol. The molecule has 0 aliphatic carbocycles. The molecule has 0 unspecified atom stereocenters. The Kier molecular flexibility index (Phi) is 3.05. The van der Waals surface area contributed by atoms with Crippen molar-refractivity contribution in [3.05, 3.63) is 11.2 Å². The summed E-state index contributed by atoms with van der Waals surface area (Å²) in [4.78, 5) is 13.5. The van der Waals surface area contributed by atoms with Crippen LogP contribution in [0.1, 0.15) is 25.7 Å². The Hall–Kier alpha value is -1.03. The van der Waals surface area contributed by atoms with Crippen LogP contribution in [0.25, 0.3) is 0 Å². The van der Waals surface area contributed by atoms with Gasteiger partial charge in [-0.15, -0.1) is 0 Å². The summed E-state index contributed by atoms with van der Waals surface area (Å²) in [6.07, 6.45) is 4.96. The van der Waals surface area contributed by atoms with Crippen molar-refractivity contribution in [3.63, 3.8) is 0 Å². The van der Waals surface area contributed by atoms with Gasteiger partial charge in [-0.1, -0.05) is 11.6 Å². The van der Waals surface area contributed by atoms with Gasteiger partial charge < -0.3 is 9.80 Å². The molecule has 3 heterocycles. The van der Waals surface area contributed by atoms with Gasteiger partial charge in [-0.25, -0.2) is 4.98 Å². The van der Waals surface area contributed by atoms with Gasteiger partial charge in [0.25, 0.3) is 0 Å². The highest BCUT2D eigenvalue weighted by atomic mass is 35.5. The highest BCUT2D eigenvalue weighted by Gasteiger charge is 2.19. The van der Waals surface area contributed by atoms with E-state index in [9.17, 15) is 0 Å². The summed E-state index contributed by atoms with van der Waals surface area (Å²) < 4.78 is 0. The van der Waals surface area contributed by atoms with Crippen LogP contribution < -0.4 is 9.80 Å². The maximum absolute atomic E-state index is 6.10. The Morgan fingerprint density at radius 2 is 1.65 bits per heavy atom. The molecule has 1 aromatic rings. The van der Waals surface area contributed by atoms with Crippen molar-refractivity contribution in [1.29, 1.82) is 0 Å². The lowest BCUT2D eigenvalue weighted by atomic mass is 10.4. The average Bonchev–Trinajstić information content (AvgIpc) is 3.02. The topological polar surface area (TPSA) is 32.3 Å². The summed E-state index contributed by atoms with van der Waals surface area (Å²) >= 11 is 6.10. The van der Waals surface area contributed by atoms with E-state index in [0.717, 1.165) is 37.9 Å². The van der Waals surface area contributed by atoms with Crippen LogP contribution in [-0.4, -0.2) is 36.1 Å². The van der Waals surface area contributed by atoms with Crippen LogP contribution in [0.5, 0.6) is 0 Å². The van der Waals surface area contributed by atoms with Crippen molar-refractivity contribution in [3.8, 4) is 0 Å². The standard InChI is InChI=1S/C12H17ClN4/c13-10-9-11(16-5-1-2-6-16)15-12(14-10)17-7-3-4-8-17/h9H,1-8H2/i12+2. The number of halogens is 1. The summed E-state index contributed by atoms with van der Waals surface area (Å²) in [5, 5.41) is 0.559. The first-order valence-electron chi connectivity index (χ1n) is 6.37. The molecule has 0 bridgehead atoms. The molecule has 0 N–H and O–H groups in total. The predicted octanol–water partition coefficient (Wildman–Crippen LogP) is 2.33. The van der Waals surface area contributed by atoms with Crippen molar-refractivity contribution in [2.75, 3.05) is 36.0 Å². The zero-order valence-electron chi connectivity index (χ0n) is 9.90. The van der Waals surface area contributed by atoms with Crippen LogP contribution in [0, 0.1) is 0 Å². The molecule has 0 radical (unpaired) electrons. The van der Waals surface area contributed by atoms with Crippen molar-refractivity contribution in [2.24, 2.45) is 0 Å². The third-order valence-electron chi connectivity index (χ3n) is 3.49.